The highest BCUT2D eigenvalue weighted by Crippen LogP contribution is 2.35. The Labute approximate surface area is 178 Å². The standard InChI is InChI=1S/C24H18N2O3S/c27-24-20-12-18(28-14-17-8-7-16-4-1-2-6-21(16)26-17)9-10-22(20)29-15-23(24)30-19-5-3-11-25-13-19/h1-13,23H,14-15H2. The molecule has 4 aromatic rings. The summed E-state index contributed by atoms with van der Waals surface area (Å²) in [6.07, 6.45) is 3.47. The van der Waals surface area contributed by atoms with Gasteiger partial charge in [0.05, 0.1) is 16.8 Å². The van der Waals surface area contributed by atoms with Crippen LogP contribution in [0, 0.1) is 0 Å². The summed E-state index contributed by atoms with van der Waals surface area (Å²) >= 11 is 1.47. The van der Waals surface area contributed by atoms with Gasteiger partial charge in [0.2, 0.25) is 0 Å². The number of carbonyl (C=O) groups excluding carboxylic acids is 1. The van der Waals surface area contributed by atoms with Gasteiger partial charge in [0.1, 0.15) is 30.0 Å². The Hall–Kier alpha value is -3.38. The summed E-state index contributed by atoms with van der Waals surface area (Å²) in [7, 11) is 0. The number of ketones is 1. The minimum atomic E-state index is -0.306. The predicted octanol–water partition coefficient (Wildman–Crippen LogP) is 4.94. The number of aromatic nitrogens is 2. The SMILES string of the molecule is O=C1c2cc(OCc3ccc4ccccc4n3)ccc2OCC1Sc1cccnc1. The maximum atomic E-state index is 13.0. The van der Waals surface area contributed by atoms with Gasteiger partial charge in [-0.25, -0.2) is 4.98 Å². The predicted molar refractivity (Wildman–Crippen MR) is 116 cm³/mol. The van der Waals surface area contributed by atoms with Crippen molar-refractivity contribution in [3.63, 3.8) is 0 Å². The summed E-state index contributed by atoms with van der Waals surface area (Å²) in [5.41, 5.74) is 2.31. The summed E-state index contributed by atoms with van der Waals surface area (Å²) in [5, 5.41) is 0.786. The van der Waals surface area contributed by atoms with Crippen LogP contribution in [0.1, 0.15) is 16.1 Å². The van der Waals surface area contributed by atoms with Gasteiger partial charge < -0.3 is 9.47 Å². The number of thioether (sulfide) groups is 1. The molecule has 0 saturated carbocycles. The number of Topliss-reactive ketones (excluding diaryl/α,β-unsaturated/α-hetero) is 1. The highest BCUT2D eigenvalue weighted by Gasteiger charge is 2.30. The second-order valence-electron chi connectivity index (χ2n) is 6.91. The van der Waals surface area contributed by atoms with Gasteiger partial charge >= 0.3 is 0 Å². The molecular weight excluding hydrogens is 396 g/mol. The summed E-state index contributed by atoms with van der Waals surface area (Å²) in [4.78, 5) is 22.7. The molecule has 3 heterocycles. The first-order valence-corrected chi connectivity index (χ1v) is 10.5. The van der Waals surface area contributed by atoms with E-state index in [1.54, 1.807) is 24.5 Å². The second-order valence-corrected chi connectivity index (χ2v) is 8.19. The van der Waals surface area contributed by atoms with Crippen LogP contribution in [-0.2, 0) is 6.61 Å². The Balaban J connectivity index is 1.31. The Morgan fingerprint density at radius 3 is 2.90 bits per heavy atom. The smallest absolute Gasteiger partial charge is 0.183 e. The third-order valence-electron chi connectivity index (χ3n) is 4.85. The molecule has 30 heavy (non-hydrogen) atoms. The van der Waals surface area contributed by atoms with Crippen molar-refractivity contribution in [3.05, 3.63) is 90.4 Å². The van der Waals surface area contributed by atoms with Gasteiger partial charge in [0, 0.05) is 22.7 Å². The van der Waals surface area contributed by atoms with Gasteiger partial charge in [-0.15, -0.1) is 11.8 Å². The molecule has 0 bridgehead atoms. The lowest BCUT2D eigenvalue weighted by molar-refractivity contribution is 0.0942. The number of ether oxygens (including phenoxy) is 2. The Bertz CT molecular complexity index is 1210. The minimum absolute atomic E-state index is 0.0411. The van der Waals surface area contributed by atoms with Crippen LogP contribution in [0.3, 0.4) is 0 Å². The first-order chi connectivity index (χ1) is 14.8. The summed E-state index contributed by atoms with van der Waals surface area (Å²) in [6, 6.07) is 21.1. The van der Waals surface area contributed by atoms with E-state index in [-0.39, 0.29) is 11.0 Å². The zero-order valence-electron chi connectivity index (χ0n) is 16.0. The molecule has 1 aliphatic heterocycles. The number of hydrogen-bond donors (Lipinski definition) is 0. The van der Waals surface area contributed by atoms with Crippen molar-refractivity contribution in [3.8, 4) is 11.5 Å². The van der Waals surface area contributed by atoms with Crippen LogP contribution in [0.5, 0.6) is 11.5 Å². The number of nitrogens with zero attached hydrogens (tertiary/aromatic N) is 2. The molecule has 0 fully saturated rings. The van der Waals surface area contributed by atoms with Crippen LogP contribution in [0.2, 0.25) is 0 Å². The fourth-order valence-corrected chi connectivity index (χ4v) is 4.32. The lowest BCUT2D eigenvalue weighted by Gasteiger charge is -2.24. The van der Waals surface area contributed by atoms with E-state index in [0.29, 0.717) is 30.3 Å². The quantitative estimate of drug-likeness (QED) is 0.461. The zero-order valence-corrected chi connectivity index (χ0v) is 16.8. The van der Waals surface area contributed by atoms with Crippen molar-refractivity contribution in [2.45, 2.75) is 16.8 Å². The topological polar surface area (TPSA) is 61.3 Å². The van der Waals surface area contributed by atoms with Crippen LogP contribution in [0.25, 0.3) is 10.9 Å². The lowest BCUT2D eigenvalue weighted by Crippen LogP contribution is -2.30. The van der Waals surface area contributed by atoms with E-state index in [9.17, 15) is 4.79 Å². The fourth-order valence-electron chi connectivity index (χ4n) is 3.35. The van der Waals surface area contributed by atoms with Crippen molar-refractivity contribution < 1.29 is 14.3 Å². The molecule has 5 nitrogen and oxygen atoms in total. The minimum Gasteiger partial charge on any atom is -0.491 e. The van der Waals surface area contributed by atoms with Crippen LogP contribution in [0.4, 0.5) is 0 Å². The number of hydrogen-bond acceptors (Lipinski definition) is 6. The zero-order chi connectivity index (χ0) is 20.3. The highest BCUT2D eigenvalue weighted by molar-refractivity contribution is 8.00. The first-order valence-electron chi connectivity index (χ1n) is 9.61. The molecule has 0 amide bonds. The van der Waals surface area contributed by atoms with E-state index in [1.807, 2.05) is 54.6 Å². The third-order valence-corrected chi connectivity index (χ3v) is 6.00. The van der Waals surface area contributed by atoms with E-state index in [2.05, 4.69) is 9.97 Å². The van der Waals surface area contributed by atoms with Gasteiger partial charge in [0.15, 0.2) is 5.78 Å². The van der Waals surface area contributed by atoms with Crippen molar-refractivity contribution in [1.29, 1.82) is 0 Å². The van der Waals surface area contributed by atoms with Crippen molar-refractivity contribution in [2.24, 2.45) is 0 Å². The second kappa shape index (κ2) is 8.16. The van der Waals surface area contributed by atoms with Gasteiger partial charge in [-0.1, -0.05) is 24.3 Å². The fraction of sp³-hybridized carbons (Fsp3) is 0.125. The molecule has 1 atom stereocenters. The Kier molecular flexibility index (Phi) is 5.07. The molecule has 1 unspecified atom stereocenters. The van der Waals surface area contributed by atoms with Crippen molar-refractivity contribution in [1.82, 2.24) is 9.97 Å². The number of para-hydroxylation sites is 1. The molecule has 1 aliphatic rings. The molecule has 148 valence electrons. The average molecular weight is 414 g/mol. The highest BCUT2D eigenvalue weighted by atomic mass is 32.2. The largest absolute Gasteiger partial charge is 0.491 e. The van der Waals surface area contributed by atoms with Crippen LogP contribution in [0.15, 0.2) is 84.0 Å². The number of rotatable bonds is 5. The molecule has 0 N–H and O–H groups in total. The molecular formula is C24H18N2O3S. The lowest BCUT2D eigenvalue weighted by atomic mass is 10.0. The van der Waals surface area contributed by atoms with E-state index in [4.69, 9.17) is 9.47 Å². The molecule has 0 saturated heterocycles. The van der Waals surface area contributed by atoms with Gasteiger partial charge in [-0.2, -0.15) is 0 Å². The maximum Gasteiger partial charge on any atom is 0.183 e. The Morgan fingerprint density at radius 1 is 1.07 bits per heavy atom. The first kappa shape index (κ1) is 18.6. The molecule has 0 spiro atoms. The van der Waals surface area contributed by atoms with E-state index in [1.165, 1.54) is 11.8 Å². The number of carbonyl (C=O) groups is 1. The van der Waals surface area contributed by atoms with Gasteiger partial charge in [-0.05, 0) is 42.5 Å². The average Bonchev–Trinajstić information content (AvgIpc) is 2.80. The Morgan fingerprint density at radius 2 is 2.00 bits per heavy atom. The summed E-state index contributed by atoms with van der Waals surface area (Å²) in [5.74, 6) is 1.26. The summed E-state index contributed by atoms with van der Waals surface area (Å²) in [6.45, 7) is 0.666. The number of benzene rings is 2. The number of pyridine rings is 2. The van der Waals surface area contributed by atoms with Crippen LogP contribution >= 0.6 is 11.8 Å². The molecule has 0 radical (unpaired) electrons. The van der Waals surface area contributed by atoms with E-state index in [0.717, 1.165) is 21.5 Å². The van der Waals surface area contributed by atoms with E-state index >= 15 is 0 Å². The van der Waals surface area contributed by atoms with Crippen molar-refractivity contribution >= 4 is 28.4 Å². The van der Waals surface area contributed by atoms with E-state index < -0.39 is 0 Å². The molecule has 0 aliphatic carbocycles. The van der Waals surface area contributed by atoms with Gasteiger partial charge in [0.25, 0.3) is 0 Å². The van der Waals surface area contributed by atoms with Crippen molar-refractivity contribution in [2.75, 3.05) is 6.61 Å². The number of fused-ring (bicyclic) bond motifs is 2. The third kappa shape index (κ3) is 3.86. The normalized spacial score (nSPS) is 15.5. The summed E-state index contributed by atoms with van der Waals surface area (Å²) < 4.78 is 11.7. The molecule has 6 heteroatoms. The van der Waals surface area contributed by atoms with Crippen LogP contribution < -0.4 is 9.47 Å². The molecule has 2 aromatic heterocycles. The molecule has 2 aromatic carbocycles. The monoisotopic (exact) mass is 414 g/mol. The van der Waals surface area contributed by atoms with Gasteiger partial charge in [-0.3, -0.25) is 9.78 Å². The maximum absolute atomic E-state index is 13.0. The molecule has 5 rings (SSSR count). The van der Waals surface area contributed by atoms with Crippen LogP contribution in [-0.4, -0.2) is 27.6 Å².